The number of aliphatic hydroxyl groups is 2. The molecule has 318 valence electrons. The van der Waals surface area contributed by atoms with E-state index in [0.717, 1.165) is 0 Å². The Labute approximate surface area is 327 Å². The number of hydrogen-bond acceptors (Lipinski definition) is 10. The van der Waals surface area contributed by atoms with Gasteiger partial charge in [0.15, 0.2) is 0 Å². The number of aliphatic hydroxyl groups excluding tert-OH is 2. The lowest BCUT2D eigenvalue weighted by molar-refractivity contribution is -0.139. The zero-order valence-corrected chi connectivity index (χ0v) is 34.9. The van der Waals surface area contributed by atoms with Crippen LogP contribution < -0.4 is 43.4 Å². The second-order valence-corrected chi connectivity index (χ2v) is 16.0. The Morgan fingerprint density at radius 1 is 0.527 bits per heavy atom. The van der Waals surface area contributed by atoms with Crippen molar-refractivity contribution in [1.29, 1.82) is 0 Å². The molecule has 0 radical (unpaired) electrons. The standard InChI is InChI=1S/C38H72N8O9/c1-12-22(8)29(36(53)42-27(32(40)49)18-20(4)5)44-35(52)28(21(6)7)43-37(54)31(25(11)48)46-38(55)30(24(10)47)45-34(51)26(15-13-14-16-39)41-33(50)23(9)17-19(2)3/h19-31,47-48H,12-18,39H2,1-11H3,(H2,40,49)(H,41,50)(H,42,53)(H,43,54)(H,44,52)(H,45,51)(H,46,55)/t22-,23-,24+,25+,26-,27-,28-,29-,30-,31-/m0/s1. The molecular weight excluding hydrogens is 712 g/mol. The summed E-state index contributed by atoms with van der Waals surface area (Å²) >= 11 is 0. The topological polar surface area (TPSA) is 284 Å². The molecule has 10 atom stereocenters. The van der Waals surface area contributed by atoms with Gasteiger partial charge in [-0.2, -0.15) is 0 Å². The van der Waals surface area contributed by atoms with E-state index in [0.29, 0.717) is 38.6 Å². The van der Waals surface area contributed by atoms with Gasteiger partial charge in [-0.05, 0) is 76.2 Å². The highest BCUT2D eigenvalue weighted by atomic mass is 16.3. The Hall–Kier alpha value is -3.83. The minimum Gasteiger partial charge on any atom is -0.391 e. The lowest BCUT2D eigenvalue weighted by atomic mass is 9.95. The molecule has 17 heteroatoms. The second kappa shape index (κ2) is 25.4. The predicted octanol–water partition coefficient (Wildman–Crippen LogP) is -0.298. The third-order valence-corrected chi connectivity index (χ3v) is 9.38. The van der Waals surface area contributed by atoms with Crippen molar-refractivity contribution >= 4 is 41.4 Å². The first-order valence-electron chi connectivity index (χ1n) is 19.7. The molecule has 0 spiro atoms. The molecule has 0 heterocycles. The number of carbonyl (C=O) groups excluding carboxylic acids is 7. The summed E-state index contributed by atoms with van der Waals surface area (Å²) in [5.41, 5.74) is 11.1. The number of amides is 7. The summed E-state index contributed by atoms with van der Waals surface area (Å²) in [5.74, 6) is -6.10. The molecule has 0 rings (SSSR count). The van der Waals surface area contributed by atoms with Crippen LogP contribution in [0.2, 0.25) is 0 Å². The number of carbonyl (C=O) groups is 7. The minimum absolute atomic E-state index is 0.0452. The van der Waals surface area contributed by atoms with E-state index in [1.165, 1.54) is 13.8 Å². The van der Waals surface area contributed by atoms with E-state index in [-0.39, 0.29) is 36.0 Å². The van der Waals surface area contributed by atoms with Gasteiger partial charge in [0.2, 0.25) is 41.4 Å². The maximum atomic E-state index is 13.7. The molecule has 0 aliphatic rings. The predicted molar refractivity (Wildman–Crippen MR) is 209 cm³/mol. The molecule has 0 aliphatic carbocycles. The van der Waals surface area contributed by atoms with Gasteiger partial charge < -0.3 is 53.6 Å². The molecule has 17 nitrogen and oxygen atoms in total. The zero-order valence-electron chi connectivity index (χ0n) is 34.9. The second-order valence-electron chi connectivity index (χ2n) is 16.0. The van der Waals surface area contributed by atoms with Gasteiger partial charge in [0.25, 0.3) is 0 Å². The van der Waals surface area contributed by atoms with Gasteiger partial charge in [-0.3, -0.25) is 33.6 Å². The number of nitrogens with one attached hydrogen (secondary N) is 6. The third-order valence-electron chi connectivity index (χ3n) is 9.38. The molecule has 0 aromatic rings. The average Bonchev–Trinajstić information content (AvgIpc) is 3.08. The van der Waals surface area contributed by atoms with Crippen molar-refractivity contribution in [1.82, 2.24) is 31.9 Å². The summed E-state index contributed by atoms with van der Waals surface area (Å²) in [6.45, 7) is 19.2. The van der Waals surface area contributed by atoms with Crippen molar-refractivity contribution in [2.24, 2.45) is 41.1 Å². The summed E-state index contributed by atoms with van der Waals surface area (Å²) < 4.78 is 0. The van der Waals surface area contributed by atoms with Gasteiger partial charge >= 0.3 is 0 Å². The Morgan fingerprint density at radius 2 is 0.945 bits per heavy atom. The first kappa shape index (κ1) is 51.2. The molecule has 12 N–H and O–H groups in total. The Kier molecular flexibility index (Phi) is 23.6. The van der Waals surface area contributed by atoms with Gasteiger partial charge in [0.05, 0.1) is 12.2 Å². The maximum Gasteiger partial charge on any atom is 0.245 e. The van der Waals surface area contributed by atoms with E-state index in [2.05, 4.69) is 31.9 Å². The Bertz CT molecular complexity index is 1260. The monoisotopic (exact) mass is 785 g/mol. The van der Waals surface area contributed by atoms with E-state index in [1.807, 2.05) is 34.6 Å². The molecule has 0 bridgehead atoms. The van der Waals surface area contributed by atoms with E-state index >= 15 is 0 Å². The number of unbranched alkanes of at least 4 members (excludes halogenated alkanes) is 1. The highest BCUT2D eigenvalue weighted by Gasteiger charge is 2.37. The zero-order chi connectivity index (χ0) is 42.7. The van der Waals surface area contributed by atoms with Gasteiger partial charge in [-0.25, -0.2) is 0 Å². The van der Waals surface area contributed by atoms with Crippen LogP contribution in [0.3, 0.4) is 0 Å². The number of rotatable bonds is 26. The van der Waals surface area contributed by atoms with Crippen LogP contribution >= 0.6 is 0 Å². The maximum absolute atomic E-state index is 13.7. The lowest BCUT2D eigenvalue weighted by Gasteiger charge is -2.31. The van der Waals surface area contributed by atoms with Crippen molar-refractivity contribution in [3.63, 3.8) is 0 Å². The van der Waals surface area contributed by atoms with Crippen LogP contribution in [-0.2, 0) is 33.6 Å². The quantitative estimate of drug-likeness (QED) is 0.0511. The largest absolute Gasteiger partial charge is 0.391 e. The summed E-state index contributed by atoms with van der Waals surface area (Å²) in [4.78, 5) is 92.5. The minimum atomic E-state index is -1.64. The van der Waals surface area contributed by atoms with Crippen molar-refractivity contribution < 1.29 is 43.8 Å². The molecular formula is C38H72N8O9. The van der Waals surface area contributed by atoms with Gasteiger partial charge in [0, 0.05) is 5.92 Å². The number of nitrogens with two attached hydrogens (primary N) is 2. The Morgan fingerprint density at radius 3 is 1.36 bits per heavy atom. The normalized spacial score (nSPS) is 17.0. The van der Waals surface area contributed by atoms with Crippen LogP contribution in [0.1, 0.15) is 115 Å². The van der Waals surface area contributed by atoms with Crippen molar-refractivity contribution in [3.8, 4) is 0 Å². The Balaban J connectivity index is 6.13. The summed E-state index contributed by atoms with van der Waals surface area (Å²) in [6.07, 6.45) is -0.286. The molecule has 0 unspecified atom stereocenters. The van der Waals surface area contributed by atoms with Crippen molar-refractivity contribution in [2.45, 2.75) is 163 Å². The van der Waals surface area contributed by atoms with E-state index in [4.69, 9.17) is 11.5 Å². The first-order valence-corrected chi connectivity index (χ1v) is 19.7. The van der Waals surface area contributed by atoms with Crippen LogP contribution in [0.15, 0.2) is 0 Å². The van der Waals surface area contributed by atoms with Gasteiger partial charge in [-0.15, -0.1) is 0 Å². The van der Waals surface area contributed by atoms with Crippen LogP contribution in [0.4, 0.5) is 0 Å². The van der Waals surface area contributed by atoms with E-state index < -0.39 is 89.8 Å². The summed E-state index contributed by atoms with van der Waals surface area (Å²) in [7, 11) is 0. The van der Waals surface area contributed by atoms with Crippen LogP contribution in [0.25, 0.3) is 0 Å². The number of hydrogen-bond donors (Lipinski definition) is 10. The fraction of sp³-hybridized carbons (Fsp3) is 0.816. The molecule has 0 aromatic carbocycles. The molecule has 0 saturated heterocycles. The fourth-order valence-electron chi connectivity index (χ4n) is 5.90. The fourth-order valence-corrected chi connectivity index (χ4v) is 5.90. The van der Waals surface area contributed by atoms with Crippen molar-refractivity contribution in [3.05, 3.63) is 0 Å². The van der Waals surface area contributed by atoms with Gasteiger partial charge in [-0.1, -0.05) is 68.7 Å². The van der Waals surface area contributed by atoms with E-state index in [1.54, 1.807) is 27.7 Å². The molecule has 55 heavy (non-hydrogen) atoms. The summed E-state index contributed by atoms with van der Waals surface area (Å²) in [6, 6.07) is -7.56. The summed E-state index contributed by atoms with van der Waals surface area (Å²) in [5, 5.41) is 36.6. The molecule has 0 aliphatic heterocycles. The first-order chi connectivity index (χ1) is 25.5. The lowest BCUT2D eigenvalue weighted by Crippen LogP contribution is -2.63. The molecule has 0 aromatic heterocycles. The highest BCUT2D eigenvalue weighted by molar-refractivity contribution is 5.97. The molecule has 7 amide bonds. The average molecular weight is 785 g/mol. The number of primary amides is 1. The smallest absolute Gasteiger partial charge is 0.245 e. The van der Waals surface area contributed by atoms with Crippen molar-refractivity contribution in [2.75, 3.05) is 6.54 Å². The van der Waals surface area contributed by atoms with Gasteiger partial charge in [0.1, 0.15) is 36.3 Å². The molecule has 0 saturated carbocycles. The third kappa shape index (κ3) is 18.6. The highest BCUT2D eigenvalue weighted by Crippen LogP contribution is 2.14. The van der Waals surface area contributed by atoms with Crippen LogP contribution in [0.5, 0.6) is 0 Å². The molecule has 0 fully saturated rings. The van der Waals surface area contributed by atoms with Crippen LogP contribution in [-0.4, -0.2) is 107 Å². The SMILES string of the molecule is CC[C@H](C)[C@H](NC(=O)[C@@H](NC(=O)[C@@H](NC(=O)[C@@H](NC(=O)[C@H](CCCCN)NC(=O)[C@@H](C)CC(C)C)[C@@H](C)O)[C@@H](C)O)C(C)C)C(=O)N[C@@H](CC(C)C)C(N)=O. The van der Waals surface area contributed by atoms with E-state index in [9.17, 15) is 43.8 Å². The van der Waals surface area contributed by atoms with Crippen LogP contribution in [0, 0.1) is 29.6 Å².